The van der Waals surface area contributed by atoms with Crippen molar-refractivity contribution in [3.63, 3.8) is 0 Å². The summed E-state index contributed by atoms with van der Waals surface area (Å²) in [6, 6.07) is 0.192. The molecule has 0 fully saturated rings. The monoisotopic (exact) mass is 379 g/mol. The summed E-state index contributed by atoms with van der Waals surface area (Å²) in [6.07, 6.45) is 2.90. The van der Waals surface area contributed by atoms with Crippen molar-refractivity contribution in [3.8, 4) is 0 Å². The molecular formula is C10H11ClIN5O. The predicted octanol–water partition coefficient (Wildman–Crippen LogP) is 1.72. The van der Waals surface area contributed by atoms with E-state index in [-0.39, 0.29) is 16.8 Å². The van der Waals surface area contributed by atoms with E-state index in [4.69, 9.17) is 11.6 Å². The zero-order valence-electron chi connectivity index (χ0n) is 9.84. The molecule has 0 radical (unpaired) electrons. The molecule has 96 valence electrons. The Hall–Kier alpha value is -0.960. The van der Waals surface area contributed by atoms with E-state index in [0.717, 1.165) is 0 Å². The molecule has 2 rings (SSSR count). The van der Waals surface area contributed by atoms with Gasteiger partial charge in [0.25, 0.3) is 5.56 Å². The zero-order chi connectivity index (χ0) is 13.3. The molecular weight excluding hydrogens is 369 g/mol. The van der Waals surface area contributed by atoms with Crippen molar-refractivity contribution in [1.29, 1.82) is 0 Å². The quantitative estimate of drug-likeness (QED) is 0.602. The second-order valence-electron chi connectivity index (χ2n) is 4.00. The molecule has 0 N–H and O–H groups in total. The average Bonchev–Trinajstić information content (AvgIpc) is 2.78. The van der Waals surface area contributed by atoms with Crippen LogP contribution in [0.4, 0.5) is 0 Å². The van der Waals surface area contributed by atoms with Gasteiger partial charge in [-0.2, -0.15) is 5.10 Å². The predicted molar refractivity (Wildman–Crippen MR) is 75.7 cm³/mol. The fraction of sp³-hybridized carbons (Fsp3) is 0.400. The molecule has 6 nitrogen and oxygen atoms in total. The lowest BCUT2D eigenvalue weighted by Gasteiger charge is -2.10. The number of nitrogens with zero attached hydrogens (tertiary/aromatic N) is 5. The maximum absolute atomic E-state index is 12.0. The van der Waals surface area contributed by atoms with Crippen molar-refractivity contribution in [2.24, 2.45) is 0 Å². The zero-order valence-corrected chi connectivity index (χ0v) is 12.8. The van der Waals surface area contributed by atoms with Gasteiger partial charge in [-0.15, -0.1) is 0 Å². The van der Waals surface area contributed by atoms with Gasteiger partial charge in [-0.05, 0) is 36.4 Å². The second kappa shape index (κ2) is 5.35. The second-order valence-corrected chi connectivity index (χ2v) is 5.43. The summed E-state index contributed by atoms with van der Waals surface area (Å²) in [5.74, 6) is 0.715. The highest BCUT2D eigenvalue weighted by atomic mass is 127. The first-order chi connectivity index (χ1) is 8.50. The van der Waals surface area contributed by atoms with Crippen LogP contribution in [0.5, 0.6) is 0 Å². The minimum atomic E-state index is -0.172. The Morgan fingerprint density at radius 2 is 2.17 bits per heavy atom. The summed E-state index contributed by atoms with van der Waals surface area (Å²) in [7, 11) is 0. The Balaban J connectivity index is 2.38. The van der Waals surface area contributed by atoms with Gasteiger partial charge in [-0.25, -0.2) is 14.6 Å². The lowest BCUT2D eigenvalue weighted by Crippen LogP contribution is -2.25. The molecule has 0 aromatic carbocycles. The number of hydrogen-bond donors (Lipinski definition) is 0. The van der Waals surface area contributed by atoms with Gasteiger partial charge in [0.1, 0.15) is 20.9 Å². The maximum atomic E-state index is 12.0. The largest absolute Gasteiger partial charge is 0.291 e. The van der Waals surface area contributed by atoms with Crippen molar-refractivity contribution >= 4 is 34.2 Å². The molecule has 0 saturated heterocycles. The third-order valence-corrected chi connectivity index (χ3v) is 3.97. The molecule has 18 heavy (non-hydrogen) atoms. The van der Waals surface area contributed by atoms with Crippen molar-refractivity contribution in [3.05, 3.63) is 37.6 Å². The van der Waals surface area contributed by atoms with Crippen molar-refractivity contribution < 1.29 is 0 Å². The van der Waals surface area contributed by atoms with E-state index in [1.807, 2.05) is 36.4 Å². The minimum Gasteiger partial charge on any atom is -0.291 e. The molecule has 8 heteroatoms. The molecule has 0 saturated carbocycles. The van der Waals surface area contributed by atoms with Crippen LogP contribution in [0.15, 0.2) is 17.4 Å². The minimum absolute atomic E-state index is 0.172. The SMILES string of the molecule is CC(C)n1ncnc1Cn1cnc(Cl)c(I)c1=O. The molecule has 2 heterocycles. The normalized spacial score (nSPS) is 11.2. The standard InChI is InChI=1S/C10H11ClIN5O/c1-6(2)17-7(13-4-15-17)3-16-5-14-9(11)8(12)10(16)18/h4-6H,3H2,1-2H3. The number of aromatic nitrogens is 5. The van der Waals surface area contributed by atoms with E-state index < -0.39 is 0 Å². The van der Waals surface area contributed by atoms with Gasteiger partial charge in [-0.3, -0.25) is 9.36 Å². The summed E-state index contributed by atoms with van der Waals surface area (Å²) in [4.78, 5) is 20.1. The summed E-state index contributed by atoms with van der Waals surface area (Å²) >= 11 is 7.67. The van der Waals surface area contributed by atoms with Crippen molar-refractivity contribution in [1.82, 2.24) is 24.3 Å². The van der Waals surface area contributed by atoms with Gasteiger partial charge in [0.15, 0.2) is 0 Å². The Morgan fingerprint density at radius 3 is 2.83 bits per heavy atom. The van der Waals surface area contributed by atoms with E-state index >= 15 is 0 Å². The number of halogens is 2. The van der Waals surface area contributed by atoms with Crippen LogP contribution in [-0.4, -0.2) is 24.3 Å². The highest BCUT2D eigenvalue weighted by Gasteiger charge is 2.11. The van der Waals surface area contributed by atoms with Crippen LogP contribution in [0.1, 0.15) is 25.7 Å². The molecule has 0 bridgehead atoms. The van der Waals surface area contributed by atoms with Crippen LogP contribution in [0.3, 0.4) is 0 Å². The summed E-state index contributed by atoms with van der Waals surface area (Å²) < 4.78 is 3.65. The molecule has 0 amide bonds. The molecule has 0 aliphatic rings. The lowest BCUT2D eigenvalue weighted by atomic mass is 10.4. The molecule has 0 atom stereocenters. The molecule has 2 aromatic heterocycles. The van der Waals surface area contributed by atoms with E-state index in [1.165, 1.54) is 17.2 Å². The summed E-state index contributed by atoms with van der Waals surface area (Å²) in [5, 5.41) is 4.35. The number of hydrogen-bond acceptors (Lipinski definition) is 4. The maximum Gasteiger partial charge on any atom is 0.268 e. The molecule has 0 aliphatic heterocycles. The highest BCUT2D eigenvalue weighted by molar-refractivity contribution is 14.1. The smallest absolute Gasteiger partial charge is 0.268 e. The third-order valence-electron chi connectivity index (χ3n) is 2.39. The van der Waals surface area contributed by atoms with E-state index in [2.05, 4.69) is 15.1 Å². The Kier molecular flexibility index (Phi) is 4.00. The van der Waals surface area contributed by atoms with Gasteiger partial charge >= 0.3 is 0 Å². The Labute approximate surface area is 122 Å². The fourth-order valence-electron chi connectivity index (χ4n) is 1.53. The number of rotatable bonds is 3. The molecule has 0 aliphatic carbocycles. The highest BCUT2D eigenvalue weighted by Crippen LogP contribution is 2.10. The van der Waals surface area contributed by atoms with Crippen LogP contribution in [-0.2, 0) is 6.54 Å². The summed E-state index contributed by atoms with van der Waals surface area (Å²) in [5.41, 5.74) is -0.172. The van der Waals surface area contributed by atoms with Gasteiger partial charge in [-0.1, -0.05) is 11.6 Å². The fourth-order valence-corrected chi connectivity index (χ4v) is 2.10. The first-order valence-corrected chi connectivity index (χ1v) is 6.75. The van der Waals surface area contributed by atoms with Gasteiger partial charge in [0.2, 0.25) is 0 Å². The summed E-state index contributed by atoms with van der Waals surface area (Å²) in [6.45, 7) is 4.34. The third kappa shape index (κ3) is 2.56. The van der Waals surface area contributed by atoms with Crippen LogP contribution in [0.25, 0.3) is 0 Å². The topological polar surface area (TPSA) is 65.6 Å². The molecule has 0 spiro atoms. The van der Waals surface area contributed by atoms with E-state index in [9.17, 15) is 4.79 Å². The molecule has 2 aromatic rings. The van der Waals surface area contributed by atoms with Crippen LogP contribution < -0.4 is 5.56 Å². The first-order valence-electron chi connectivity index (χ1n) is 5.29. The van der Waals surface area contributed by atoms with E-state index in [1.54, 1.807) is 4.68 Å². The van der Waals surface area contributed by atoms with Crippen LogP contribution in [0, 0.1) is 3.57 Å². The Morgan fingerprint density at radius 1 is 1.44 bits per heavy atom. The lowest BCUT2D eigenvalue weighted by molar-refractivity contribution is 0.492. The van der Waals surface area contributed by atoms with Crippen LogP contribution in [0.2, 0.25) is 5.15 Å². The van der Waals surface area contributed by atoms with E-state index in [0.29, 0.717) is 15.9 Å². The molecule has 0 unspecified atom stereocenters. The van der Waals surface area contributed by atoms with Gasteiger partial charge in [0.05, 0.1) is 12.9 Å². The Bertz CT molecular complexity index is 621. The first kappa shape index (κ1) is 13.5. The van der Waals surface area contributed by atoms with Crippen molar-refractivity contribution in [2.75, 3.05) is 0 Å². The average molecular weight is 380 g/mol. The van der Waals surface area contributed by atoms with Gasteiger partial charge in [0, 0.05) is 6.04 Å². The van der Waals surface area contributed by atoms with Crippen molar-refractivity contribution in [2.45, 2.75) is 26.4 Å². The van der Waals surface area contributed by atoms with Gasteiger partial charge < -0.3 is 0 Å². The van der Waals surface area contributed by atoms with Crippen LogP contribution >= 0.6 is 34.2 Å².